The predicted molar refractivity (Wildman–Crippen MR) is 57.0 cm³/mol. The van der Waals surface area contributed by atoms with Crippen LogP contribution in [0, 0.1) is 10.1 Å². The molecule has 0 aliphatic heterocycles. The summed E-state index contributed by atoms with van der Waals surface area (Å²) in [5.74, 6) is -0.171. The SMILES string of the molecule is CNC1CCC(n2ncc([N+](=O)[O-])n2)CC1. The molecule has 1 saturated carbocycles. The van der Waals surface area contributed by atoms with Gasteiger partial charge in [-0.15, -0.1) is 5.10 Å². The van der Waals surface area contributed by atoms with Crippen LogP contribution in [0.5, 0.6) is 0 Å². The molecule has 1 aromatic heterocycles. The van der Waals surface area contributed by atoms with Gasteiger partial charge < -0.3 is 15.4 Å². The third kappa shape index (κ3) is 2.19. The Kier molecular flexibility index (Phi) is 3.14. The lowest BCUT2D eigenvalue weighted by Gasteiger charge is -2.25. The van der Waals surface area contributed by atoms with Gasteiger partial charge in [0.05, 0.1) is 11.1 Å². The van der Waals surface area contributed by atoms with Gasteiger partial charge in [0.1, 0.15) is 0 Å². The molecule has 7 heteroatoms. The molecule has 16 heavy (non-hydrogen) atoms. The molecule has 7 nitrogen and oxygen atoms in total. The minimum absolute atomic E-state index is 0.171. The molecule has 88 valence electrons. The zero-order valence-electron chi connectivity index (χ0n) is 9.17. The van der Waals surface area contributed by atoms with Crippen molar-refractivity contribution in [2.45, 2.75) is 37.8 Å². The maximum atomic E-state index is 10.5. The average molecular weight is 225 g/mol. The smallest absolute Gasteiger partial charge is 0.358 e. The van der Waals surface area contributed by atoms with Crippen molar-refractivity contribution in [3.63, 3.8) is 0 Å². The summed E-state index contributed by atoms with van der Waals surface area (Å²) in [7, 11) is 1.96. The Hall–Kier alpha value is -1.50. The van der Waals surface area contributed by atoms with Crippen LogP contribution in [0.4, 0.5) is 5.82 Å². The molecule has 0 aromatic carbocycles. The molecule has 2 rings (SSSR count). The van der Waals surface area contributed by atoms with Crippen molar-refractivity contribution >= 4 is 5.82 Å². The van der Waals surface area contributed by atoms with Crippen LogP contribution in [0.15, 0.2) is 6.20 Å². The highest BCUT2D eigenvalue weighted by Crippen LogP contribution is 2.27. The predicted octanol–water partition coefficient (Wildman–Crippen LogP) is 0.889. The van der Waals surface area contributed by atoms with Gasteiger partial charge in [-0.2, -0.15) is 0 Å². The van der Waals surface area contributed by atoms with E-state index in [9.17, 15) is 10.1 Å². The molecule has 1 fully saturated rings. The molecular formula is C9H15N5O2. The minimum Gasteiger partial charge on any atom is -0.358 e. The number of rotatable bonds is 3. The van der Waals surface area contributed by atoms with E-state index in [0.717, 1.165) is 25.7 Å². The molecule has 0 radical (unpaired) electrons. The summed E-state index contributed by atoms with van der Waals surface area (Å²) in [6, 6.07) is 0.764. The van der Waals surface area contributed by atoms with Gasteiger partial charge in [-0.1, -0.05) is 4.80 Å². The molecule has 1 aliphatic rings. The van der Waals surface area contributed by atoms with Crippen LogP contribution in [0.2, 0.25) is 0 Å². The van der Waals surface area contributed by atoms with Crippen molar-refractivity contribution in [2.24, 2.45) is 0 Å². The normalized spacial score (nSPS) is 25.6. The van der Waals surface area contributed by atoms with Crippen LogP contribution in [0.25, 0.3) is 0 Å². The van der Waals surface area contributed by atoms with Crippen molar-refractivity contribution in [2.75, 3.05) is 7.05 Å². The fraction of sp³-hybridized carbons (Fsp3) is 0.778. The van der Waals surface area contributed by atoms with Crippen molar-refractivity contribution in [3.8, 4) is 0 Å². The lowest BCUT2D eigenvalue weighted by atomic mass is 9.92. The first-order valence-corrected chi connectivity index (χ1v) is 5.44. The van der Waals surface area contributed by atoms with Gasteiger partial charge in [0.25, 0.3) is 0 Å². The number of hydrogen-bond acceptors (Lipinski definition) is 5. The quantitative estimate of drug-likeness (QED) is 0.609. The highest BCUT2D eigenvalue weighted by Gasteiger charge is 2.26. The van der Waals surface area contributed by atoms with Crippen molar-refractivity contribution in [1.82, 2.24) is 20.3 Å². The fourth-order valence-electron chi connectivity index (χ4n) is 2.12. The van der Waals surface area contributed by atoms with E-state index in [0.29, 0.717) is 6.04 Å². The fourth-order valence-corrected chi connectivity index (χ4v) is 2.12. The first-order chi connectivity index (χ1) is 7.70. The van der Waals surface area contributed by atoms with E-state index in [1.54, 1.807) is 0 Å². The first kappa shape index (κ1) is 11.0. The van der Waals surface area contributed by atoms with E-state index >= 15 is 0 Å². The van der Waals surface area contributed by atoms with Crippen LogP contribution >= 0.6 is 0 Å². The van der Waals surface area contributed by atoms with E-state index in [1.165, 1.54) is 11.0 Å². The highest BCUT2D eigenvalue weighted by molar-refractivity contribution is 5.08. The van der Waals surface area contributed by atoms with Gasteiger partial charge in [0.15, 0.2) is 6.20 Å². The van der Waals surface area contributed by atoms with Gasteiger partial charge in [-0.25, -0.2) is 0 Å². The summed E-state index contributed by atoms with van der Waals surface area (Å²) >= 11 is 0. The number of aromatic nitrogens is 3. The third-order valence-corrected chi connectivity index (χ3v) is 3.12. The van der Waals surface area contributed by atoms with E-state index in [2.05, 4.69) is 15.5 Å². The lowest BCUT2D eigenvalue weighted by molar-refractivity contribution is -0.389. The molecule has 0 amide bonds. The van der Waals surface area contributed by atoms with Crippen LogP contribution < -0.4 is 5.32 Å². The van der Waals surface area contributed by atoms with Crippen LogP contribution in [-0.2, 0) is 0 Å². The van der Waals surface area contributed by atoms with Crippen molar-refractivity contribution in [3.05, 3.63) is 16.3 Å². The molecule has 0 saturated heterocycles. The molecule has 0 atom stereocenters. The Labute approximate surface area is 93.0 Å². The second kappa shape index (κ2) is 4.56. The second-order valence-corrected chi connectivity index (χ2v) is 4.07. The van der Waals surface area contributed by atoms with Crippen LogP contribution in [0.1, 0.15) is 31.7 Å². The maximum Gasteiger partial charge on any atom is 0.410 e. The summed E-state index contributed by atoms with van der Waals surface area (Å²) in [5, 5.41) is 21.5. The molecule has 1 N–H and O–H groups in total. The van der Waals surface area contributed by atoms with Crippen molar-refractivity contribution in [1.29, 1.82) is 0 Å². The van der Waals surface area contributed by atoms with Gasteiger partial charge in [-0.05, 0) is 37.7 Å². The standard InChI is InChI=1S/C9H15N5O2/c1-10-7-2-4-8(5-3-7)13-11-6-9(12-13)14(15)16/h6-8,10H,2-5H2,1H3. The molecule has 0 bridgehead atoms. The number of hydrogen-bond donors (Lipinski definition) is 1. The zero-order valence-corrected chi connectivity index (χ0v) is 9.17. The Morgan fingerprint density at radius 1 is 1.50 bits per heavy atom. The summed E-state index contributed by atoms with van der Waals surface area (Å²) < 4.78 is 0. The summed E-state index contributed by atoms with van der Waals surface area (Å²) in [6.07, 6.45) is 5.28. The third-order valence-electron chi connectivity index (χ3n) is 3.12. The lowest BCUT2D eigenvalue weighted by Crippen LogP contribution is -2.31. The second-order valence-electron chi connectivity index (χ2n) is 4.07. The van der Waals surface area contributed by atoms with Gasteiger partial charge in [0.2, 0.25) is 0 Å². The molecule has 0 spiro atoms. The van der Waals surface area contributed by atoms with Crippen LogP contribution in [-0.4, -0.2) is 33.0 Å². The largest absolute Gasteiger partial charge is 0.410 e. The minimum atomic E-state index is -0.511. The maximum absolute atomic E-state index is 10.5. The van der Waals surface area contributed by atoms with E-state index in [1.807, 2.05) is 7.05 Å². The summed E-state index contributed by atoms with van der Waals surface area (Å²) in [5.41, 5.74) is 0. The Morgan fingerprint density at radius 3 is 2.69 bits per heavy atom. The number of nitrogens with zero attached hydrogens (tertiary/aromatic N) is 4. The van der Waals surface area contributed by atoms with Gasteiger partial charge in [-0.3, -0.25) is 0 Å². The van der Waals surface area contributed by atoms with Crippen molar-refractivity contribution < 1.29 is 4.92 Å². The molecule has 1 aliphatic carbocycles. The average Bonchev–Trinajstić information content (AvgIpc) is 2.78. The van der Waals surface area contributed by atoms with Crippen LogP contribution in [0.3, 0.4) is 0 Å². The molecule has 1 heterocycles. The summed E-state index contributed by atoms with van der Waals surface area (Å²) in [4.78, 5) is 11.5. The van der Waals surface area contributed by atoms with E-state index in [4.69, 9.17) is 0 Å². The summed E-state index contributed by atoms with van der Waals surface area (Å²) in [6.45, 7) is 0. The monoisotopic (exact) mass is 225 g/mol. The van der Waals surface area contributed by atoms with Gasteiger partial charge in [0, 0.05) is 6.04 Å². The first-order valence-electron chi connectivity index (χ1n) is 5.44. The molecular weight excluding hydrogens is 210 g/mol. The molecule has 1 aromatic rings. The number of nitro groups is 1. The zero-order chi connectivity index (χ0) is 11.5. The Morgan fingerprint density at radius 2 is 2.19 bits per heavy atom. The Bertz CT molecular complexity index is 370. The highest BCUT2D eigenvalue weighted by atomic mass is 16.6. The Balaban J connectivity index is 2.00. The van der Waals surface area contributed by atoms with Gasteiger partial charge >= 0.3 is 5.82 Å². The number of nitrogens with one attached hydrogen (secondary N) is 1. The van der Waals surface area contributed by atoms with E-state index in [-0.39, 0.29) is 11.9 Å². The van der Waals surface area contributed by atoms with E-state index < -0.39 is 4.92 Å². The topological polar surface area (TPSA) is 85.9 Å². The molecule has 0 unspecified atom stereocenters.